The maximum Gasteiger partial charge on any atom is 0.328 e. The molecule has 0 aromatic heterocycles. The van der Waals surface area contributed by atoms with Crippen molar-refractivity contribution >= 4 is 11.9 Å². The van der Waals surface area contributed by atoms with Gasteiger partial charge in [-0.3, -0.25) is 0 Å². The van der Waals surface area contributed by atoms with Crippen molar-refractivity contribution in [3.63, 3.8) is 0 Å². The minimum absolute atomic E-state index is 0.211. The minimum Gasteiger partial charge on any atom is -0.478 e. The summed E-state index contributed by atoms with van der Waals surface area (Å²) in [5.74, 6) is -2.51. The van der Waals surface area contributed by atoms with Crippen LogP contribution in [0, 0.1) is 0 Å². The lowest BCUT2D eigenvalue weighted by molar-refractivity contribution is -0.134. The minimum atomic E-state index is -1.26. The molecular formula is C16H21NO6. The summed E-state index contributed by atoms with van der Waals surface area (Å²) in [6.07, 6.45) is 1.33. The Morgan fingerprint density at radius 2 is 1.87 bits per heavy atom. The monoisotopic (exact) mass is 323 g/mol. The number of carboxylic acids is 2. The van der Waals surface area contributed by atoms with Crippen molar-refractivity contribution in [1.82, 2.24) is 5.32 Å². The normalized spacial score (nSPS) is 17.3. The highest BCUT2D eigenvalue weighted by Gasteiger charge is 2.12. The number of rotatable bonds is 6. The van der Waals surface area contributed by atoms with Crippen molar-refractivity contribution in [1.29, 1.82) is 0 Å². The molecule has 2 rings (SSSR count). The van der Waals surface area contributed by atoms with Crippen molar-refractivity contribution in [2.24, 2.45) is 0 Å². The van der Waals surface area contributed by atoms with Crippen molar-refractivity contribution < 1.29 is 29.3 Å². The molecule has 0 aliphatic carbocycles. The SMILES string of the molecule is O=C(O)C=CC(=O)O.c1ccc(COCC2CNCCO2)cc1. The topological polar surface area (TPSA) is 105 Å². The first-order valence-corrected chi connectivity index (χ1v) is 7.16. The molecule has 126 valence electrons. The van der Waals surface area contributed by atoms with Crippen LogP contribution < -0.4 is 5.32 Å². The number of morpholine rings is 1. The fourth-order valence-electron chi connectivity index (χ4n) is 1.75. The Hall–Kier alpha value is -2.22. The third-order valence-corrected chi connectivity index (χ3v) is 2.79. The van der Waals surface area contributed by atoms with E-state index in [0.717, 1.165) is 19.7 Å². The molecule has 1 aliphatic heterocycles. The van der Waals surface area contributed by atoms with Gasteiger partial charge in [-0.05, 0) is 5.56 Å². The summed E-state index contributed by atoms with van der Waals surface area (Å²) < 4.78 is 11.1. The summed E-state index contributed by atoms with van der Waals surface area (Å²) >= 11 is 0. The molecule has 1 heterocycles. The van der Waals surface area contributed by atoms with Gasteiger partial charge in [-0.1, -0.05) is 30.3 Å². The van der Waals surface area contributed by atoms with Gasteiger partial charge in [0, 0.05) is 25.2 Å². The number of aliphatic carboxylic acids is 2. The van der Waals surface area contributed by atoms with Gasteiger partial charge >= 0.3 is 11.9 Å². The van der Waals surface area contributed by atoms with Crippen LogP contribution in [0.25, 0.3) is 0 Å². The van der Waals surface area contributed by atoms with Crippen LogP contribution in [0.15, 0.2) is 42.5 Å². The average Bonchev–Trinajstić information content (AvgIpc) is 2.56. The predicted molar refractivity (Wildman–Crippen MR) is 83.1 cm³/mol. The fraction of sp³-hybridized carbons (Fsp3) is 0.375. The third kappa shape index (κ3) is 10.2. The Labute approximate surface area is 134 Å². The summed E-state index contributed by atoms with van der Waals surface area (Å²) in [6, 6.07) is 10.2. The van der Waals surface area contributed by atoms with Gasteiger partial charge in [0.1, 0.15) is 0 Å². The van der Waals surface area contributed by atoms with Crippen LogP contribution in [0.3, 0.4) is 0 Å². The molecule has 0 spiro atoms. The standard InChI is InChI=1S/C12H17NO2.C4H4O4/c1-2-4-11(5-3-1)9-14-10-12-8-13-6-7-15-12;5-3(6)1-2-4(7)8/h1-5,12-13H,6-10H2;1-2H,(H,5,6)(H,7,8). The maximum absolute atomic E-state index is 9.55. The van der Waals surface area contributed by atoms with Crippen molar-refractivity contribution in [3.8, 4) is 0 Å². The molecule has 7 nitrogen and oxygen atoms in total. The zero-order valence-corrected chi connectivity index (χ0v) is 12.7. The van der Waals surface area contributed by atoms with E-state index >= 15 is 0 Å². The van der Waals surface area contributed by atoms with Crippen molar-refractivity contribution in [2.45, 2.75) is 12.7 Å². The van der Waals surface area contributed by atoms with E-state index in [4.69, 9.17) is 19.7 Å². The molecule has 1 aromatic carbocycles. The van der Waals surface area contributed by atoms with Gasteiger partial charge in [-0.25, -0.2) is 9.59 Å². The molecular weight excluding hydrogens is 302 g/mol. The Kier molecular flexibility index (Phi) is 9.30. The molecule has 1 aliphatic rings. The van der Waals surface area contributed by atoms with Crippen molar-refractivity contribution in [3.05, 3.63) is 48.0 Å². The Morgan fingerprint density at radius 3 is 2.39 bits per heavy atom. The van der Waals surface area contributed by atoms with Crippen LogP contribution in [-0.2, 0) is 25.7 Å². The van der Waals surface area contributed by atoms with Gasteiger partial charge < -0.3 is 25.0 Å². The van der Waals surface area contributed by atoms with Crippen LogP contribution in [0.2, 0.25) is 0 Å². The summed E-state index contributed by atoms with van der Waals surface area (Å²) in [5.41, 5.74) is 1.21. The molecule has 3 N–H and O–H groups in total. The highest BCUT2D eigenvalue weighted by Crippen LogP contribution is 2.03. The second-order valence-corrected chi connectivity index (χ2v) is 4.71. The van der Waals surface area contributed by atoms with Gasteiger partial charge in [-0.2, -0.15) is 0 Å². The molecule has 23 heavy (non-hydrogen) atoms. The average molecular weight is 323 g/mol. The number of hydrogen-bond donors (Lipinski definition) is 3. The molecule has 1 fully saturated rings. The maximum atomic E-state index is 9.55. The van der Waals surface area contributed by atoms with Gasteiger partial charge in [-0.15, -0.1) is 0 Å². The molecule has 0 bridgehead atoms. The highest BCUT2D eigenvalue weighted by molar-refractivity contribution is 5.89. The first kappa shape index (κ1) is 18.8. The summed E-state index contributed by atoms with van der Waals surface area (Å²) in [6.45, 7) is 3.98. The Balaban J connectivity index is 0.000000284. The molecule has 1 aromatic rings. The molecule has 7 heteroatoms. The number of hydrogen-bond acceptors (Lipinski definition) is 5. The van der Waals surface area contributed by atoms with Gasteiger partial charge in [0.15, 0.2) is 0 Å². The molecule has 0 radical (unpaired) electrons. The molecule has 1 atom stereocenters. The van der Waals surface area contributed by atoms with E-state index in [2.05, 4.69) is 17.4 Å². The fourth-order valence-corrected chi connectivity index (χ4v) is 1.75. The van der Waals surface area contributed by atoms with Crippen LogP contribution in [0.5, 0.6) is 0 Å². The first-order chi connectivity index (χ1) is 11.1. The summed E-state index contributed by atoms with van der Waals surface area (Å²) in [7, 11) is 0. The largest absolute Gasteiger partial charge is 0.478 e. The number of benzene rings is 1. The highest BCUT2D eigenvalue weighted by atomic mass is 16.5. The quantitative estimate of drug-likeness (QED) is 0.668. The van der Waals surface area contributed by atoms with Crippen LogP contribution >= 0.6 is 0 Å². The van der Waals surface area contributed by atoms with Crippen LogP contribution in [0.4, 0.5) is 0 Å². The lowest BCUT2D eigenvalue weighted by atomic mass is 10.2. The van der Waals surface area contributed by atoms with E-state index in [-0.39, 0.29) is 6.10 Å². The van der Waals surface area contributed by atoms with E-state index in [1.54, 1.807) is 0 Å². The van der Waals surface area contributed by atoms with E-state index < -0.39 is 11.9 Å². The van der Waals surface area contributed by atoms with Gasteiger partial charge in [0.05, 0.1) is 25.9 Å². The van der Waals surface area contributed by atoms with Gasteiger partial charge in [0.2, 0.25) is 0 Å². The van der Waals surface area contributed by atoms with E-state index in [0.29, 0.717) is 25.4 Å². The van der Waals surface area contributed by atoms with E-state index in [1.165, 1.54) is 5.56 Å². The Bertz CT molecular complexity index is 481. The third-order valence-electron chi connectivity index (χ3n) is 2.79. The Morgan fingerprint density at radius 1 is 1.22 bits per heavy atom. The zero-order valence-electron chi connectivity index (χ0n) is 12.7. The predicted octanol–water partition coefficient (Wildman–Crippen LogP) is 0.903. The lowest BCUT2D eigenvalue weighted by Gasteiger charge is -2.23. The van der Waals surface area contributed by atoms with Crippen LogP contribution in [0.1, 0.15) is 5.56 Å². The number of nitrogens with one attached hydrogen (secondary N) is 1. The lowest BCUT2D eigenvalue weighted by Crippen LogP contribution is -2.40. The van der Waals surface area contributed by atoms with E-state index in [1.807, 2.05) is 18.2 Å². The molecule has 1 saturated heterocycles. The van der Waals surface area contributed by atoms with E-state index in [9.17, 15) is 9.59 Å². The second-order valence-electron chi connectivity index (χ2n) is 4.71. The van der Waals surface area contributed by atoms with Crippen LogP contribution in [-0.4, -0.2) is 54.6 Å². The van der Waals surface area contributed by atoms with Gasteiger partial charge in [0.25, 0.3) is 0 Å². The van der Waals surface area contributed by atoms with Crippen molar-refractivity contribution in [2.75, 3.05) is 26.3 Å². The smallest absolute Gasteiger partial charge is 0.328 e. The molecule has 1 unspecified atom stereocenters. The summed E-state index contributed by atoms with van der Waals surface area (Å²) in [5, 5.41) is 18.9. The number of carboxylic acid groups (broad SMARTS) is 2. The summed E-state index contributed by atoms with van der Waals surface area (Å²) in [4.78, 5) is 19.1. The molecule has 0 saturated carbocycles. The zero-order chi connectivity index (χ0) is 16.9. The second kappa shape index (κ2) is 11.4. The number of ether oxygens (including phenoxy) is 2. The first-order valence-electron chi connectivity index (χ1n) is 7.16. The number of carbonyl (C=O) groups is 2. The molecule has 0 amide bonds.